The number of hydrogen-bond acceptors (Lipinski definition) is 5. The van der Waals surface area contributed by atoms with Gasteiger partial charge in [-0.2, -0.15) is 0 Å². The minimum Gasteiger partial charge on any atom is -0.452 e. The number of nitrogens with one attached hydrogen (secondary N) is 2. The van der Waals surface area contributed by atoms with E-state index < -0.39 is 29.3 Å². The van der Waals surface area contributed by atoms with Crippen LogP contribution in [0, 0.1) is 6.92 Å². The Bertz CT molecular complexity index is 587. The maximum atomic E-state index is 12.1. The van der Waals surface area contributed by atoms with Crippen LogP contribution in [0.2, 0.25) is 0 Å². The molecular weight excluding hydrogens is 328 g/mol. The number of esters is 1. The van der Waals surface area contributed by atoms with E-state index in [1.54, 1.807) is 20.8 Å². The number of urea groups is 1. The fourth-order valence-corrected chi connectivity index (χ4v) is 2.56. The summed E-state index contributed by atoms with van der Waals surface area (Å²) in [5.74, 6) is -1.17. The lowest BCUT2D eigenvalue weighted by molar-refractivity contribution is -0.153. The van der Waals surface area contributed by atoms with Gasteiger partial charge in [0.25, 0.3) is 5.91 Å². The van der Waals surface area contributed by atoms with Gasteiger partial charge in [0.05, 0.1) is 0 Å². The summed E-state index contributed by atoms with van der Waals surface area (Å²) in [5.41, 5.74) is 1.14. The van der Waals surface area contributed by atoms with Gasteiger partial charge in [-0.3, -0.25) is 14.9 Å². The zero-order chi connectivity index (χ0) is 18.3. The molecule has 0 saturated carbocycles. The number of thioether (sulfide) groups is 1. The second-order valence-corrected chi connectivity index (χ2v) is 7.18. The van der Waals surface area contributed by atoms with Gasteiger partial charge in [0.1, 0.15) is 5.25 Å². The zero-order valence-electron chi connectivity index (χ0n) is 14.6. The van der Waals surface area contributed by atoms with Crippen LogP contribution < -0.4 is 10.6 Å². The van der Waals surface area contributed by atoms with Crippen molar-refractivity contribution in [1.29, 1.82) is 0 Å². The lowest BCUT2D eigenvalue weighted by atomic mass is 10.2. The van der Waals surface area contributed by atoms with E-state index in [-0.39, 0.29) is 6.04 Å². The first-order chi connectivity index (χ1) is 11.2. The van der Waals surface area contributed by atoms with Crippen molar-refractivity contribution in [2.75, 3.05) is 0 Å². The van der Waals surface area contributed by atoms with Crippen LogP contribution in [0.1, 0.15) is 33.3 Å². The van der Waals surface area contributed by atoms with Gasteiger partial charge < -0.3 is 10.1 Å². The molecule has 132 valence electrons. The summed E-state index contributed by atoms with van der Waals surface area (Å²) in [6.45, 7) is 8.68. The Morgan fingerprint density at radius 2 is 1.62 bits per heavy atom. The molecule has 0 aliphatic carbocycles. The van der Waals surface area contributed by atoms with Crippen LogP contribution in [0.15, 0.2) is 29.2 Å². The van der Waals surface area contributed by atoms with Crippen LogP contribution in [0.4, 0.5) is 4.79 Å². The summed E-state index contributed by atoms with van der Waals surface area (Å²) in [4.78, 5) is 36.3. The van der Waals surface area contributed by atoms with Gasteiger partial charge in [-0.15, -0.1) is 11.8 Å². The fourth-order valence-electron chi connectivity index (χ4n) is 1.70. The summed E-state index contributed by atoms with van der Waals surface area (Å²) in [5, 5.41) is 4.20. The van der Waals surface area contributed by atoms with Crippen molar-refractivity contribution in [3.05, 3.63) is 29.8 Å². The molecule has 0 bridgehead atoms. The van der Waals surface area contributed by atoms with Gasteiger partial charge >= 0.3 is 12.0 Å². The van der Waals surface area contributed by atoms with Crippen molar-refractivity contribution in [1.82, 2.24) is 10.6 Å². The van der Waals surface area contributed by atoms with Crippen molar-refractivity contribution in [3.8, 4) is 0 Å². The largest absolute Gasteiger partial charge is 0.452 e. The Kier molecular flexibility index (Phi) is 7.78. The number of carbonyl (C=O) groups excluding carboxylic acids is 3. The summed E-state index contributed by atoms with van der Waals surface area (Å²) < 4.78 is 5.12. The number of benzene rings is 1. The predicted octanol–water partition coefficient (Wildman–Crippen LogP) is 2.64. The summed E-state index contributed by atoms with van der Waals surface area (Å²) >= 11 is 1.35. The van der Waals surface area contributed by atoms with Crippen LogP contribution in [-0.4, -0.2) is 35.3 Å². The van der Waals surface area contributed by atoms with Gasteiger partial charge in [-0.25, -0.2) is 4.79 Å². The van der Waals surface area contributed by atoms with E-state index in [2.05, 4.69) is 10.6 Å². The molecule has 7 heteroatoms. The standard InChI is InChI=1S/C17H24N2O4S/c1-10(2)18-17(22)19-15(20)12(4)23-16(21)13(5)24-14-8-6-11(3)7-9-14/h6-10,12-13H,1-5H3,(H2,18,19,20,22)/t12-,13+/m1/s1. The van der Waals surface area contributed by atoms with Gasteiger partial charge in [0.2, 0.25) is 0 Å². The quantitative estimate of drug-likeness (QED) is 0.607. The van der Waals surface area contributed by atoms with E-state index in [0.29, 0.717) is 0 Å². The first-order valence-electron chi connectivity index (χ1n) is 7.74. The molecule has 1 aromatic carbocycles. The molecule has 0 spiro atoms. The van der Waals surface area contributed by atoms with E-state index in [1.165, 1.54) is 18.7 Å². The Balaban J connectivity index is 2.48. The Morgan fingerprint density at radius 1 is 1.04 bits per heavy atom. The molecular formula is C17H24N2O4S. The first kappa shape index (κ1) is 20.0. The molecule has 3 amide bonds. The minimum atomic E-state index is -1.04. The Morgan fingerprint density at radius 3 is 2.17 bits per heavy atom. The van der Waals surface area contributed by atoms with Gasteiger partial charge in [-0.1, -0.05) is 17.7 Å². The molecule has 0 aromatic heterocycles. The second kappa shape index (κ2) is 9.32. The molecule has 1 aromatic rings. The number of aryl methyl sites for hydroxylation is 1. The number of hydrogen-bond donors (Lipinski definition) is 2. The van der Waals surface area contributed by atoms with E-state index in [0.717, 1.165) is 10.5 Å². The van der Waals surface area contributed by atoms with E-state index >= 15 is 0 Å². The van der Waals surface area contributed by atoms with Crippen LogP contribution in [0.3, 0.4) is 0 Å². The Labute approximate surface area is 146 Å². The topological polar surface area (TPSA) is 84.5 Å². The normalized spacial score (nSPS) is 13.1. The van der Waals surface area contributed by atoms with Crippen LogP contribution >= 0.6 is 11.8 Å². The summed E-state index contributed by atoms with van der Waals surface area (Å²) in [7, 11) is 0. The lowest BCUT2D eigenvalue weighted by Gasteiger charge is -2.17. The van der Waals surface area contributed by atoms with E-state index in [9.17, 15) is 14.4 Å². The fraction of sp³-hybridized carbons (Fsp3) is 0.471. The highest BCUT2D eigenvalue weighted by atomic mass is 32.2. The highest BCUT2D eigenvalue weighted by Crippen LogP contribution is 2.24. The highest BCUT2D eigenvalue weighted by Gasteiger charge is 2.24. The number of imide groups is 1. The summed E-state index contributed by atoms with van der Waals surface area (Å²) in [6, 6.07) is 7.07. The van der Waals surface area contributed by atoms with Crippen molar-refractivity contribution >= 4 is 29.7 Å². The third kappa shape index (κ3) is 7.04. The van der Waals surface area contributed by atoms with Crippen LogP contribution in [0.5, 0.6) is 0 Å². The Hall–Kier alpha value is -2.02. The monoisotopic (exact) mass is 352 g/mol. The molecule has 1 rings (SSSR count). The molecule has 0 heterocycles. The SMILES string of the molecule is Cc1ccc(S[C@@H](C)C(=O)O[C@H](C)C(=O)NC(=O)NC(C)C)cc1. The highest BCUT2D eigenvalue weighted by molar-refractivity contribution is 8.00. The lowest BCUT2D eigenvalue weighted by Crippen LogP contribution is -2.46. The predicted molar refractivity (Wildman–Crippen MR) is 93.9 cm³/mol. The minimum absolute atomic E-state index is 0.0958. The molecule has 0 fully saturated rings. The molecule has 0 radical (unpaired) electrons. The van der Waals surface area contributed by atoms with E-state index in [1.807, 2.05) is 31.2 Å². The van der Waals surface area contributed by atoms with Crippen molar-refractivity contribution in [2.24, 2.45) is 0 Å². The average molecular weight is 352 g/mol. The van der Waals surface area contributed by atoms with Crippen LogP contribution in [-0.2, 0) is 14.3 Å². The molecule has 0 saturated heterocycles. The first-order valence-corrected chi connectivity index (χ1v) is 8.62. The maximum Gasteiger partial charge on any atom is 0.321 e. The molecule has 6 nitrogen and oxygen atoms in total. The molecule has 2 N–H and O–H groups in total. The molecule has 24 heavy (non-hydrogen) atoms. The smallest absolute Gasteiger partial charge is 0.321 e. The third-order valence-electron chi connectivity index (χ3n) is 2.98. The molecule has 0 unspecified atom stereocenters. The maximum absolute atomic E-state index is 12.1. The van der Waals surface area contributed by atoms with Gasteiger partial charge in [0.15, 0.2) is 6.10 Å². The van der Waals surface area contributed by atoms with Gasteiger partial charge in [0, 0.05) is 10.9 Å². The molecule has 2 atom stereocenters. The zero-order valence-corrected chi connectivity index (χ0v) is 15.4. The van der Waals surface area contributed by atoms with Crippen molar-refractivity contribution in [2.45, 2.75) is 56.9 Å². The molecule has 0 aliphatic heterocycles. The van der Waals surface area contributed by atoms with Crippen LogP contribution in [0.25, 0.3) is 0 Å². The van der Waals surface area contributed by atoms with Gasteiger partial charge in [-0.05, 0) is 46.8 Å². The number of ether oxygens (including phenoxy) is 1. The molecule has 0 aliphatic rings. The number of carbonyl (C=O) groups is 3. The third-order valence-corrected chi connectivity index (χ3v) is 4.07. The van der Waals surface area contributed by atoms with Crippen molar-refractivity contribution < 1.29 is 19.1 Å². The average Bonchev–Trinajstić information content (AvgIpc) is 2.48. The summed E-state index contributed by atoms with van der Waals surface area (Å²) in [6.07, 6.45) is -1.04. The number of rotatable bonds is 6. The van der Waals surface area contributed by atoms with E-state index in [4.69, 9.17) is 4.74 Å². The number of amides is 3. The van der Waals surface area contributed by atoms with Crippen molar-refractivity contribution in [3.63, 3.8) is 0 Å². The second-order valence-electron chi connectivity index (χ2n) is 5.77.